The van der Waals surface area contributed by atoms with Crippen molar-refractivity contribution in [1.82, 2.24) is 14.9 Å². The lowest BCUT2D eigenvalue weighted by Gasteiger charge is -2.39. The zero-order valence-electron chi connectivity index (χ0n) is 18.0. The first kappa shape index (κ1) is 20.5. The van der Waals surface area contributed by atoms with Crippen molar-refractivity contribution in [2.45, 2.75) is 57.5 Å². The number of likely N-dealkylation sites (tertiary alicyclic amines) is 1. The monoisotopic (exact) mass is 424 g/mol. The predicted molar refractivity (Wildman–Crippen MR) is 115 cm³/mol. The summed E-state index contributed by atoms with van der Waals surface area (Å²) in [6.07, 6.45) is 4.73. The van der Waals surface area contributed by atoms with E-state index in [0.717, 1.165) is 80.4 Å². The molecule has 2 fully saturated rings. The summed E-state index contributed by atoms with van der Waals surface area (Å²) in [4.78, 5) is 26.9. The van der Waals surface area contributed by atoms with E-state index in [0.29, 0.717) is 19.0 Å². The van der Waals surface area contributed by atoms with Gasteiger partial charge in [0.15, 0.2) is 0 Å². The summed E-state index contributed by atoms with van der Waals surface area (Å²) in [7, 11) is 0. The first-order chi connectivity index (χ1) is 15.1. The summed E-state index contributed by atoms with van der Waals surface area (Å²) in [5.74, 6) is 1.63. The molecule has 1 aromatic heterocycles. The molecule has 3 aliphatic heterocycles. The Morgan fingerprint density at radius 2 is 1.90 bits per heavy atom. The van der Waals surface area contributed by atoms with Crippen LogP contribution in [0, 0.1) is 12.7 Å². The highest BCUT2D eigenvalue weighted by Crippen LogP contribution is 2.34. The van der Waals surface area contributed by atoms with Crippen molar-refractivity contribution < 1.29 is 13.9 Å². The molecule has 6 nitrogen and oxygen atoms in total. The maximum atomic E-state index is 13.3. The maximum Gasteiger partial charge on any atom is 0.233 e. The summed E-state index contributed by atoms with van der Waals surface area (Å²) in [6.45, 7) is 6.18. The van der Waals surface area contributed by atoms with Crippen LogP contribution < -0.4 is 4.90 Å². The van der Waals surface area contributed by atoms with Crippen LogP contribution in [0.15, 0.2) is 24.3 Å². The fourth-order valence-electron chi connectivity index (χ4n) is 5.11. The SMILES string of the molecule is Cc1nc([C@H]2CCCN(C3CCOCC3)C2)nc2c1CC(=O)N2Cc1ccc(F)cc1. The largest absolute Gasteiger partial charge is 0.381 e. The van der Waals surface area contributed by atoms with Gasteiger partial charge in [-0.2, -0.15) is 0 Å². The molecule has 1 amide bonds. The van der Waals surface area contributed by atoms with E-state index in [2.05, 4.69) is 4.90 Å². The van der Waals surface area contributed by atoms with E-state index in [1.54, 1.807) is 17.0 Å². The number of aromatic nitrogens is 2. The number of ether oxygens (including phenoxy) is 1. The van der Waals surface area contributed by atoms with Gasteiger partial charge in [0, 0.05) is 43.0 Å². The number of benzene rings is 1. The molecular formula is C24H29FN4O2. The maximum absolute atomic E-state index is 13.3. The molecule has 3 aliphatic rings. The van der Waals surface area contributed by atoms with Gasteiger partial charge in [-0.25, -0.2) is 14.4 Å². The Balaban J connectivity index is 1.39. The normalized spacial score (nSPS) is 22.7. The molecule has 0 bridgehead atoms. The third-order valence-electron chi connectivity index (χ3n) is 6.87. The Hall–Kier alpha value is -2.38. The average Bonchev–Trinajstić information content (AvgIpc) is 3.12. The van der Waals surface area contributed by atoms with Crippen molar-refractivity contribution in [2.24, 2.45) is 0 Å². The molecule has 0 unspecified atom stereocenters. The van der Waals surface area contributed by atoms with Crippen LogP contribution in [0.5, 0.6) is 0 Å². The highest BCUT2D eigenvalue weighted by atomic mass is 19.1. The number of fused-ring (bicyclic) bond motifs is 1. The van der Waals surface area contributed by atoms with Crippen molar-refractivity contribution in [3.63, 3.8) is 0 Å². The van der Waals surface area contributed by atoms with Gasteiger partial charge in [0.25, 0.3) is 0 Å². The minimum absolute atomic E-state index is 0.0290. The number of halogens is 1. The molecule has 0 radical (unpaired) electrons. The Labute approximate surface area is 182 Å². The minimum atomic E-state index is -0.274. The molecule has 0 N–H and O–H groups in total. The first-order valence-corrected chi connectivity index (χ1v) is 11.3. The Morgan fingerprint density at radius 3 is 2.68 bits per heavy atom. The van der Waals surface area contributed by atoms with Gasteiger partial charge in [-0.1, -0.05) is 12.1 Å². The van der Waals surface area contributed by atoms with Crippen LogP contribution in [0.3, 0.4) is 0 Å². The standard InChI is InChI=1S/C24H29FN4O2/c1-16-21-13-22(30)29(14-17-4-6-19(25)7-5-17)24(21)27-23(26-16)18-3-2-10-28(15-18)20-8-11-31-12-9-20/h4-7,18,20H,2-3,8-15H2,1H3/t18-/m0/s1. The Kier molecular flexibility index (Phi) is 5.71. The second kappa shape index (κ2) is 8.63. The smallest absolute Gasteiger partial charge is 0.233 e. The number of carbonyl (C=O) groups is 1. The predicted octanol–water partition coefficient (Wildman–Crippen LogP) is 3.37. The number of carbonyl (C=O) groups excluding carboxylic acids is 1. The molecule has 164 valence electrons. The van der Waals surface area contributed by atoms with Crippen LogP contribution in [0.2, 0.25) is 0 Å². The van der Waals surface area contributed by atoms with Gasteiger partial charge in [-0.05, 0) is 56.8 Å². The van der Waals surface area contributed by atoms with Crippen molar-refractivity contribution in [3.05, 3.63) is 52.7 Å². The third kappa shape index (κ3) is 4.21. The van der Waals surface area contributed by atoms with Crippen LogP contribution in [0.4, 0.5) is 10.2 Å². The molecule has 31 heavy (non-hydrogen) atoms. The van der Waals surface area contributed by atoms with E-state index in [1.807, 2.05) is 6.92 Å². The number of piperidine rings is 1. The highest BCUT2D eigenvalue weighted by molar-refractivity contribution is 6.00. The van der Waals surface area contributed by atoms with E-state index >= 15 is 0 Å². The van der Waals surface area contributed by atoms with E-state index in [1.165, 1.54) is 12.1 Å². The summed E-state index contributed by atoms with van der Waals surface area (Å²) in [5, 5.41) is 0. The second-order valence-corrected chi connectivity index (χ2v) is 8.93. The van der Waals surface area contributed by atoms with Gasteiger partial charge in [0.05, 0.1) is 13.0 Å². The number of anilines is 1. The molecule has 4 heterocycles. The molecule has 1 atom stereocenters. The number of amides is 1. The summed E-state index contributed by atoms with van der Waals surface area (Å²) in [6, 6.07) is 6.90. The fourth-order valence-corrected chi connectivity index (χ4v) is 5.11. The van der Waals surface area contributed by atoms with Crippen LogP contribution in [-0.2, 0) is 22.5 Å². The van der Waals surface area contributed by atoms with Gasteiger partial charge in [-0.15, -0.1) is 0 Å². The second-order valence-electron chi connectivity index (χ2n) is 8.93. The minimum Gasteiger partial charge on any atom is -0.381 e. The lowest BCUT2D eigenvalue weighted by molar-refractivity contribution is -0.117. The average molecular weight is 425 g/mol. The van der Waals surface area contributed by atoms with E-state index < -0.39 is 0 Å². The van der Waals surface area contributed by atoms with E-state index in [9.17, 15) is 9.18 Å². The Morgan fingerprint density at radius 1 is 1.13 bits per heavy atom. The molecule has 2 saturated heterocycles. The van der Waals surface area contributed by atoms with E-state index in [-0.39, 0.29) is 17.6 Å². The van der Waals surface area contributed by atoms with Crippen LogP contribution >= 0.6 is 0 Å². The number of hydrogen-bond donors (Lipinski definition) is 0. The topological polar surface area (TPSA) is 58.6 Å². The van der Waals surface area contributed by atoms with Crippen molar-refractivity contribution in [1.29, 1.82) is 0 Å². The molecule has 0 spiro atoms. The molecule has 5 rings (SSSR count). The van der Waals surface area contributed by atoms with Gasteiger partial charge < -0.3 is 4.74 Å². The van der Waals surface area contributed by atoms with Crippen molar-refractivity contribution in [2.75, 3.05) is 31.2 Å². The lowest BCUT2D eigenvalue weighted by Crippen LogP contribution is -2.44. The zero-order valence-corrected chi connectivity index (χ0v) is 18.0. The molecule has 0 saturated carbocycles. The van der Waals surface area contributed by atoms with Crippen molar-refractivity contribution in [3.8, 4) is 0 Å². The zero-order chi connectivity index (χ0) is 21.4. The molecule has 2 aromatic rings. The molecular weight excluding hydrogens is 395 g/mol. The van der Waals surface area contributed by atoms with Gasteiger partial charge in [0.1, 0.15) is 17.5 Å². The number of rotatable bonds is 4. The van der Waals surface area contributed by atoms with Crippen molar-refractivity contribution >= 4 is 11.7 Å². The Bertz CT molecular complexity index is 959. The van der Waals surface area contributed by atoms with Gasteiger partial charge in [0.2, 0.25) is 5.91 Å². The fraction of sp³-hybridized carbons (Fsp3) is 0.542. The molecule has 1 aromatic carbocycles. The van der Waals surface area contributed by atoms with Crippen LogP contribution in [0.1, 0.15) is 54.2 Å². The number of hydrogen-bond acceptors (Lipinski definition) is 5. The summed E-state index contributed by atoms with van der Waals surface area (Å²) in [5.41, 5.74) is 2.72. The molecule has 7 heteroatoms. The number of aryl methyl sites for hydroxylation is 1. The molecule has 0 aliphatic carbocycles. The van der Waals surface area contributed by atoms with Gasteiger partial charge in [-0.3, -0.25) is 14.6 Å². The van der Waals surface area contributed by atoms with Gasteiger partial charge >= 0.3 is 0 Å². The van der Waals surface area contributed by atoms with E-state index in [4.69, 9.17) is 14.7 Å². The van der Waals surface area contributed by atoms with Crippen LogP contribution in [0.25, 0.3) is 0 Å². The first-order valence-electron chi connectivity index (χ1n) is 11.3. The highest BCUT2D eigenvalue weighted by Gasteiger charge is 2.34. The lowest BCUT2D eigenvalue weighted by atomic mass is 9.94. The summed E-state index contributed by atoms with van der Waals surface area (Å²) < 4.78 is 18.8. The quantitative estimate of drug-likeness (QED) is 0.753. The number of nitrogens with zero attached hydrogens (tertiary/aromatic N) is 4. The summed E-state index contributed by atoms with van der Waals surface area (Å²) >= 11 is 0. The third-order valence-corrected chi connectivity index (χ3v) is 6.87. The van der Waals surface area contributed by atoms with Crippen LogP contribution in [-0.4, -0.2) is 53.1 Å².